The van der Waals surface area contributed by atoms with E-state index in [1.54, 1.807) is 23.5 Å². The van der Waals surface area contributed by atoms with E-state index in [2.05, 4.69) is 11.1 Å². The molecule has 112 valence electrons. The average Bonchev–Trinajstić information content (AvgIpc) is 2.96. The van der Waals surface area contributed by atoms with Crippen LogP contribution in [0.1, 0.15) is 10.6 Å². The van der Waals surface area contributed by atoms with Crippen LogP contribution in [0.25, 0.3) is 22.4 Å². The largest absolute Gasteiger partial charge is 0.502 e. The molecule has 2 aromatic carbocycles. The Balaban J connectivity index is 1.94. The summed E-state index contributed by atoms with van der Waals surface area (Å²) in [6.45, 7) is 0. The van der Waals surface area contributed by atoms with Gasteiger partial charge in [0, 0.05) is 0 Å². The molecule has 0 bridgehead atoms. The summed E-state index contributed by atoms with van der Waals surface area (Å²) in [6, 6.07) is 11.5. The van der Waals surface area contributed by atoms with Crippen molar-refractivity contribution in [3.05, 3.63) is 47.0 Å². The van der Waals surface area contributed by atoms with Crippen LogP contribution in [0.5, 0.6) is 17.2 Å². The fourth-order valence-corrected chi connectivity index (χ4v) is 3.01. The third-order valence-corrected chi connectivity index (χ3v) is 4.23. The Labute approximate surface area is 132 Å². The van der Waals surface area contributed by atoms with Crippen LogP contribution in [-0.4, -0.2) is 24.3 Å². The molecule has 0 spiro atoms. The second kappa shape index (κ2) is 6.07. The summed E-state index contributed by atoms with van der Waals surface area (Å²) in [4.78, 5) is 4.55. The predicted octanol–water partition coefficient (Wildman–Crippen LogP) is 4.19. The first kappa shape index (κ1) is 14.4. The van der Waals surface area contributed by atoms with Gasteiger partial charge in [0.05, 0.1) is 24.4 Å². The molecular formula is C17H15NO3S. The van der Waals surface area contributed by atoms with Gasteiger partial charge >= 0.3 is 0 Å². The minimum absolute atomic E-state index is 0.00198. The molecule has 1 heterocycles. The number of para-hydroxylation sites is 1. The number of hydrogen-bond donors (Lipinski definition) is 1. The van der Waals surface area contributed by atoms with Gasteiger partial charge in [-0.2, -0.15) is 0 Å². The Morgan fingerprint density at radius 1 is 1.05 bits per heavy atom. The van der Waals surface area contributed by atoms with E-state index < -0.39 is 0 Å². The molecule has 22 heavy (non-hydrogen) atoms. The lowest BCUT2D eigenvalue weighted by molar-refractivity contribution is 0.340. The van der Waals surface area contributed by atoms with E-state index >= 15 is 0 Å². The van der Waals surface area contributed by atoms with Gasteiger partial charge < -0.3 is 14.6 Å². The highest BCUT2D eigenvalue weighted by atomic mass is 32.1. The Bertz CT molecular complexity index is 781. The van der Waals surface area contributed by atoms with Crippen molar-refractivity contribution >= 4 is 33.7 Å². The number of phenolic OH excluding ortho intramolecular Hbond substituents is 1. The number of aromatic hydroxyl groups is 1. The van der Waals surface area contributed by atoms with E-state index in [9.17, 15) is 5.11 Å². The lowest BCUT2D eigenvalue weighted by atomic mass is 10.1. The standard InChI is InChI=1S/C17H15NO3S/c1-20-13-9-11(10-14(21-2)17(13)19)7-8-16-18-12-5-3-4-6-15(12)22-16/h3-10,19H,1-2H3. The molecule has 1 aromatic heterocycles. The first-order chi connectivity index (χ1) is 10.7. The lowest BCUT2D eigenvalue weighted by Crippen LogP contribution is -1.90. The van der Waals surface area contributed by atoms with E-state index in [0.29, 0.717) is 11.5 Å². The van der Waals surface area contributed by atoms with Gasteiger partial charge in [-0.25, -0.2) is 4.98 Å². The van der Waals surface area contributed by atoms with Crippen LogP contribution < -0.4 is 9.47 Å². The summed E-state index contributed by atoms with van der Waals surface area (Å²) < 4.78 is 11.5. The number of methoxy groups -OCH3 is 2. The highest BCUT2D eigenvalue weighted by molar-refractivity contribution is 7.19. The number of ether oxygens (including phenoxy) is 2. The third kappa shape index (κ3) is 2.76. The molecule has 0 fully saturated rings. The van der Waals surface area contributed by atoms with Crippen LogP contribution in [0, 0.1) is 0 Å². The zero-order chi connectivity index (χ0) is 15.5. The summed E-state index contributed by atoms with van der Waals surface area (Å²) in [5.74, 6) is 0.758. The fraction of sp³-hybridized carbons (Fsp3) is 0.118. The molecule has 0 radical (unpaired) electrons. The Kier molecular flexibility index (Phi) is 3.98. The fourth-order valence-electron chi connectivity index (χ4n) is 2.14. The molecule has 3 aromatic rings. The van der Waals surface area contributed by atoms with E-state index in [4.69, 9.17) is 9.47 Å². The molecule has 0 aliphatic heterocycles. The molecule has 0 saturated heterocycles. The van der Waals surface area contributed by atoms with Gasteiger partial charge in [-0.3, -0.25) is 0 Å². The molecule has 0 saturated carbocycles. The molecule has 5 heteroatoms. The SMILES string of the molecule is COc1cc(C=Cc2nc3ccccc3s2)cc(OC)c1O. The van der Waals surface area contributed by atoms with E-state index in [1.807, 2.05) is 30.4 Å². The molecule has 0 aliphatic carbocycles. The number of nitrogens with zero attached hydrogens (tertiary/aromatic N) is 1. The molecular weight excluding hydrogens is 298 g/mol. The molecule has 0 unspecified atom stereocenters. The van der Waals surface area contributed by atoms with Gasteiger partial charge in [0.2, 0.25) is 5.75 Å². The monoisotopic (exact) mass is 313 g/mol. The Hall–Kier alpha value is -2.53. The van der Waals surface area contributed by atoms with Crippen molar-refractivity contribution < 1.29 is 14.6 Å². The van der Waals surface area contributed by atoms with Gasteiger partial charge in [0.1, 0.15) is 5.01 Å². The smallest absolute Gasteiger partial charge is 0.200 e. The van der Waals surface area contributed by atoms with Crippen molar-refractivity contribution in [3.8, 4) is 17.2 Å². The van der Waals surface area contributed by atoms with E-state index in [-0.39, 0.29) is 5.75 Å². The van der Waals surface area contributed by atoms with Gasteiger partial charge in [-0.15, -0.1) is 11.3 Å². The molecule has 1 N–H and O–H groups in total. The topological polar surface area (TPSA) is 51.6 Å². The van der Waals surface area contributed by atoms with Crippen molar-refractivity contribution in [1.82, 2.24) is 4.98 Å². The number of rotatable bonds is 4. The van der Waals surface area contributed by atoms with Crippen LogP contribution in [0.2, 0.25) is 0 Å². The second-order valence-corrected chi connectivity index (χ2v) is 5.69. The maximum absolute atomic E-state index is 9.91. The number of benzene rings is 2. The Morgan fingerprint density at radius 2 is 1.73 bits per heavy atom. The molecule has 0 aliphatic rings. The first-order valence-corrected chi connectivity index (χ1v) is 7.51. The molecule has 0 atom stereocenters. The maximum Gasteiger partial charge on any atom is 0.200 e. The summed E-state index contributed by atoms with van der Waals surface area (Å²) in [7, 11) is 3.02. The lowest BCUT2D eigenvalue weighted by Gasteiger charge is -2.09. The number of aromatic nitrogens is 1. The quantitative estimate of drug-likeness (QED) is 0.784. The van der Waals surface area contributed by atoms with Crippen molar-refractivity contribution in [2.45, 2.75) is 0 Å². The highest BCUT2D eigenvalue weighted by Crippen LogP contribution is 2.37. The van der Waals surface area contributed by atoms with Gasteiger partial charge in [-0.1, -0.05) is 18.2 Å². The van der Waals surface area contributed by atoms with Crippen LogP contribution >= 0.6 is 11.3 Å². The van der Waals surface area contributed by atoms with Gasteiger partial charge in [0.15, 0.2) is 11.5 Å². The van der Waals surface area contributed by atoms with Crippen LogP contribution in [0.15, 0.2) is 36.4 Å². The third-order valence-electron chi connectivity index (χ3n) is 3.23. The molecule has 3 rings (SSSR count). The number of fused-ring (bicyclic) bond motifs is 1. The number of thiazole rings is 1. The predicted molar refractivity (Wildman–Crippen MR) is 89.8 cm³/mol. The van der Waals surface area contributed by atoms with Gasteiger partial charge in [0.25, 0.3) is 0 Å². The summed E-state index contributed by atoms with van der Waals surface area (Å²) in [6.07, 6.45) is 3.86. The van der Waals surface area contributed by atoms with E-state index in [0.717, 1.165) is 20.8 Å². The van der Waals surface area contributed by atoms with Crippen molar-refractivity contribution in [1.29, 1.82) is 0 Å². The summed E-state index contributed by atoms with van der Waals surface area (Å²) in [5, 5.41) is 10.8. The number of hydrogen-bond acceptors (Lipinski definition) is 5. The summed E-state index contributed by atoms with van der Waals surface area (Å²) in [5.41, 5.74) is 1.86. The summed E-state index contributed by atoms with van der Waals surface area (Å²) >= 11 is 1.63. The molecule has 0 amide bonds. The second-order valence-electron chi connectivity index (χ2n) is 4.63. The number of phenols is 1. The van der Waals surface area contributed by atoms with Crippen molar-refractivity contribution in [2.75, 3.05) is 14.2 Å². The zero-order valence-electron chi connectivity index (χ0n) is 12.2. The average molecular weight is 313 g/mol. The van der Waals surface area contributed by atoms with Crippen molar-refractivity contribution in [3.63, 3.8) is 0 Å². The van der Waals surface area contributed by atoms with E-state index in [1.165, 1.54) is 14.2 Å². The van der Waals surface area contributed by atoms with Crippen molar-refractivity contribution in [2.24, 2.45) is 0 Å². The minimum atomic E-state index is 0.00198. The van der Waals surface area contributed by atoms with Crippen LogP contribution in [-0.2, 0) is 0 Å². The normalized spacial score (nSPS) is 11.2. The minimum Gasteiger partial charge on any atom is -0.502 e. The van der Waals surface area contributed by atoms with Crippen LogP contribution in [0.4, 0.5) is 0 Å². The Morgan fingerprint density at radius 3 is 2.36 bits per heavy atom. The maximum atomic E-state index is 9.91. The molecule has 4 nitrogen and oxygen atoms in total. The zero-order valence-corrected chi connectivity index (χ0v) is 13.1. The van der Waals surface area contributed by atoms with Gasteiger partial charge in [-0.05, 0) is 35.9 Å². The van der Waals surface area contributed by atoms with Crippen LogP contribution in [0.3, 0.4) is 0 Å². The highest BCUT2D eigenvalue weighted by Gasteiger charge is 2.10. The first-order valence-electron chi connectivity index (χ1n) is 6.70.